The van der Waals surface area contributed by atoms with Gasteiger partial charge in [-0.25, -0.2) is 4.39 Å². The molecule has 0 bridgehead atoms. The normalized spacial score (nSPS) is 24.9. The number of aldehydes is 1. The number of fused-ring (bicyclic) bond motifs is 1. The van der Waals surface area contributed by atoms with Gasteiger partial charge in [-0.05, 0) is 55.7 Å². The van der Waals surface area contributed by atoms with Crippen molar-refractivity contribution in [2.75, 3.05) is 18.1 Å². The Morgan fingerprint density at radius 1 is 1.30 bits per heavy atom. The maximum absolute atomic E-state index is 13.2. The number of benzene rings is 1. The number of carbonyl (C=O) groups excluding carboxylic acids is 1. The van der Waals surface area contributed by atoms with Crippen molar-refractivity contribution in [3.05, 3.63) is 57.8 Å². The average Bonchev–Trinajstić information content (AvgIpc) is 3.59. The molecule has 13 heteroatoms. The molecular weight excluding hydrogens is 516 g/mol. The Morgan fingerprint density at radius 3 is 2.49 bits per heavy atom. The molecule has 2 fully saturated rings. The van der Waals surface area contributed by atoms with Crippen molar-refractivity contribution in [2.45, 2.75) is 43.4 Å². The quantitative estimate of drug-likeness (QED) is 0.276. The molecule has 0 saturated heterocycles. The molecule has 2 aliphatic rings. The number of halogens is 5. The summed E-state index contributed by atoms with van der Waals surface area (Å²) in [5.41, 5.74) is 4.99. The van der Waals surface area contributed by atoms with Crippen molar-refractivity contribution in [3.8, 4) is 0 Å². The third kappa shape index (κ3) is 5.17. The Balaban J connectivity index is 0.000000270. The number of hydrogen-bond acceptors (Lipinski definition) is 6. The third-order valence-electron chi connectivity index (χ3n) is 7.34. The second-order valence-electron chi connectivity index (χ2n) is 9.59. The van der Waals surface area contributed by atoms with E-state index in [4.69, 9.17) is 17.3 Å². The summed E-state index contributed by atoms with van der Waals surface area (Å²) in [4.78, 5) is 11.4. The molecule has 0 radical (unpaired) electrons. The van der Waals surface area contributed by atoms with Crippen LogP contribution in [0.4, 0.5) is 29.1 Å². The molecule has 5 rings (SSSR count). The fourth-order valence-corrected chi connectivity index (χ4v) is 5.79. The lowest BCUT2D eigenvalue weighted by atomic mass is 9.87. The number of carbonyl (C=O) groups is 1. The summed E-state index contributed by atoms with van der Waals surface area (Å²) in [6.45, 7) is 0. The maximum Gasteiger partial charge on any atom is 0.433 e. The van der Waals surface area contributed by atoms with Gasteiger partial charge >= 0.3 is 6.18 Å². The molecule has 2 unspecified atom stereocenters. The number of aromatic amines is 1. The van der Waals surface area contributed by atoms with E-state index in [-0.39, 0.29) is 47.0 Å². The largest absolute Gasteiger partial charge is 0.433 e. The molecule has 2 saturated carbocycles. The zero-order chi connectivity index (χ0) is 27.1. The molecule has 2 heterocycles. The van der Waals surface area contributed by atoms with Gasteiger partial charge in [0.15, 0.2) is 6.29 Å². The minimum Gasteiger partial charge on any atom is -0.388 e. The van der Waals surface area contributed by atoms with Crippen LogP contribution in [0.15, 0.2) is 24.4 Å². The summed E-state index contributed by atoms with van der Waals surface area (Å²) in [6, 6.07) is 4.49. The van der Waals surface area contributed by atoms with E-state index in [1.165, 1.54) is 16.8 Å². The Kier molecular flexibility index (Phi) is 7.26. The highest BCUT2D eigenvalue weighted by atomic mass is 35.5. The van der Waals surface area contributed by atoms with Crippen molar-refractivity contribution in [1.29, 1.82) is 0 Å². The molecule has 3 aromatic rings. The van der Waals surface area contributed by atoms with Crippen LogP contribution in [0.25, 0.3) is 0 Å². The van der Waals surface area contributed by atoms with Crippen LogP contribution in [0.2, 0.25) is 5.02 Å². The number of nitrogens with two attached hydrogens (primary N) is 1. The molecule has 2 aromatic heterocycles. The highest BCUT2D eigenvalue weighted by molar-refractivity contribution is 6.31. The van der Waals surface area contributed by atoms with E-state index in [0.29, 0.717) is 36.2 Å². The van der Waals surface area contributed by atoms with Crippen LogP contribution in [0.1, 0.15) is 58.9 Å². The van der Waals surface area contributed by atoms with Crippen molar-refractivity contribution in [3.63, 3.8) is 0 Å². The molecule has 200 valence electrons. The Morgan fingerprint density at radius 2 is 1.95 bits per heavy atom. The lowest BCUT2D eigenvalue weighted by molar-refractivity contribution is -0.144. The topological polar surface area (TPSA) is 122 Å². The van der Waals surface area contributed by atoms with Crippen LogP contribution in [0, 0.1) is 17.7 Å². The number of anilines is 2. The Labute approximate surface area is 215 Å². The number of aromatic nitrogens is 4. The Hall–Kier alpha value is -3.12. The first-order valence-electron chi connectivity index (χ1n) is 11.6. The lowest BCUT2D eigenvalue weighted by Gasteiger charge is -2.25. The monoisotopic (exact) mass is 542 g/mol. The van der Waals surface area contributed by atoms with E-state index in [1.807, 2.05) is 5.10 Å². The minimum atomic E-state index is -4.59. The minimum absolute atomic E-state index is 0.0136. The van der Waals surface area contributed by atoms with Gasteiger partial charge in [-0.3, -0.25) is 14.6 Å². The second kappa shape index (κ2) is 9.97. The predicted molar refractivity (Wildman–Crippen MR) is 130 cm³/mol. The molecule has 1 aromatic carbocycles. The van der Waals surface area contributed by atoms with E-state index >= 15 is 0 Å². The molecule has 0 spiro atoms. The van der Waals surface area contributed by atoms with Crippen LogP contribution in [-0.4, -0.2) is 38.4 Å². The number of nitrogens with zero attached hydrogens (tertiary/aromatic N) is 3. The van der Waals surface area contributed by atoms with Crippen molar-refractivity contribution in [2.24, 2.45) is 18.9 Å². The van der Waals surface area contributed by atoms with Gasteiger partial charge in [-0.1, -0.05) is 11.6 Å². The SMILES string of the molecule is CNc1ccc(F)c(Cl)c1.Cn1nc(C2CC3CC(O)(c4cn[nH]c4C(F)(F)F)CC3C2)c(C=O)c1N. The van der Waals surface area contributed by atoms with Gasteiger partial charge in [0, 0.05) is 31.3 Å². The first-order chi connectivity index (χ1) is 17.4. The van der Waals surface area contributed by atoms with Crippen LogP contribution in [0.3, 0.4) is 0 Å². The van der Waals surface area contributed by atoms with E-state index < -0.39 is 17.5 Å². The summed E-state index contributed by atoms with van der Waals surface area (Å²) >= 11 is 5.48. The van der Waals surface area contributed by atoms with Crippen molar-refractivity contribution in [1.82, 2.24) is 20.0 Å². The molecule has 8 nitrogen and oxygen atoms in total. The molecule has 2 aliphatic carbocycles. The number of aliphatic hydroxyl groups is 1. The fourth-order valence-electron chi connectivity index (χ4n) is 5.61. The molecule has 2 atom stereocenters. The van der Waals surface area contributed by atoms with Crippen LogP contribution in [-0.2, 0) is 18.8 Å². The maximum atomic E-state index is 13.2. The van der Waals surface area contributed by atoms with Gasteiger partial charge in [0.2, 0.25) is 0 Å². The number of rotatable bonds is 4. The average molecular weight is 543 g/mol. The van der Waals surface area contributed by atoms with E-state index in [9.17, 15) is 27.5 Å². The standard InChI is InChI=1S/C17H20F3N5O2.C7H7ClFN/c1-25-15(21)11(7-26)13(24-25)8-2-9-4-16(27,5-10(9)3-8)12-6-22-23-14(12)17(18,19)20;1-10-5-2-3-7(9)6(8)4-5/h6-10,27H,2-5,21H2,1H3,(H,22,23);2-4,10H,1H3. The van der Waals surface area contributed by atoms with Crippen LogP contribution >= 0.6 is 11.6 Å². The first kappa shape index (κ1) is 26.9. The van der Waals surface area contributed by atoms with Gasteiger partial charge in [0.05, 0.1) is 28.1 Å². The van der Waals surface area contributed by atoms with Gasteiger partial charge in [-0.15, -0.1) is 0 Å². The highest BCUT2D eigenvalue weighted by Gasteiger charge is 2.53. The predicted octanol–water partition coefficient (Wildman–Crippen LogP) is 4.87. The lowest BCUT2D eigenvalue weighted by Crippen LogP contribution is -2.26. The molecule has 5 N–H and O–H groups in total. The fraction of sp³-hybridized carbons (Fsp3) is 0.458. The van der Waals surface area contributed by atoms with Crippen molar-refractivity contribution >= 4 is 29.4 Å². The second-order valence-corrected chi connectivity index (χ2v) is 10.00. The first-order valence-corrected chi connectivity index (χ1v) is 12.0. The number of nitrogens with one attached hydrogen (secondary N) is 2. The number of H-pyrrole nitrogens is 1. The van der Waals surface area contributed by atoms with Gasteiger partial charge in [0.25, 0.3) is 0 Å². The molecule has 0 aliphatic heterocycles. The van der Waals surface area contributed by atoms with Crippen molar-refractivity contribution < 1.29 is 27.5 Å². The van der Waals surface area contributed by atoms with Gasteiger partial charge in [0.1, 0.15) is 17.3 Å². The summed E-state index contributed by atoms with van der Waals surface area (Å²) in [6.07, 6.45) is -1.04. The van der Waals surface area contributed by atoms with E-state index in [1.54, 1.807) is 20.2 Å². The van der Waals surface area contributed by atoms with E-state index in [0.717, 1.165) is 11.9 Å². The third-order valence-corrected chi connectivity index (χ3v) is 7.63. The number of hydrogen-bond donors (Lipinski definition) is 4. The summed E-state index contributed by atoms with van der Waals surface area (Å²) < 4.78 is 53.4. The summed E-state index contributed by atoms with van der Waals surface area (Å²) in [7, 11) is 3.42. The summed E-state index contributed by atoms with van der Waals surface area (Å²) in [5, 5.41) is 23.8. The zero-order valence-corrected chi connectivity index (χ0v) is 20.9. The highest BCUT2D eigenvalue weighted by Crippen LogP contribution is 2.57. The number of nitrogen functional groups attached to an aromatic ring is 1. The number of aryl methyl sites for hydroxylation is 1. The van der Waals surface area contributed by atoms with Crippen LogP contribution < -0.4 is 11.1 Å². The zero-order valence-electron chi connectivity index (χ0n) is 20.1. The van der Waals surface area contributed by atoms with Gasteiger partial charge < -0.3 is 16.2 Å². The molecular formula is C24H27ClF4N6O2. The van der Waals surface area contributed by atoms with Crippen LogP contribution in [0.5, 0.6) is 0 Å². The number of alkyl halides is 3. The Bertz CT molecular complexity index is 1280. The molecule has 0 amide bonds. The molecule has 37 heavy (non-hydrogen) atoms. The smallest absolute Gasteiger partial charge is 0.388 e. The summed E-state index contributed by atoms with van der Waals surface area (Å²) in [5.74, 6) is 0.0413. The van der Waals surface area contributed by atoms with E-state index in [2.05, 4.69) is 15.5 Å². The van der Waals surface area contributed by atoms with Gasteiger partial charge in [-0.2, -0.15) is 23.4 Å².